The van der Waals surface area contributed by atoms with Gasteiger partial charge in [-0.3, -0.25) is 0 Å². The van der Waals surface area contributed by atoms with Gasteiger partial charge in [0.2, 0.25) is 5.09 Å². The van der Waals surface area contributed by atoms with Crippen molar-refractivity contribution in [2.45, 2.75) is 37.5 Å². The molecule has 7 heteroatoms. The largest absolute Gasteiger partial charge is 0.447 e. The van der Waals surface area contributed by atoms with Crippen LogP contribution in [0, 0.1) is 0 Å². The van der Waals surface area contributed by atoms with E-state index in [9.17, 15) is 8.42 Å². The fourth-order valence-electron chi connectivity index (χ4n) is 1.29. The number of nitrogens with one attached hydrogen (secondary N) is 1. The minimum absolute atomic E-state index is 0.130. The molecule has 6 nitrogen and oxygen atoms in total. The van der Waals surface area contributed by atoms with Crippen LogP contribution in [0.5, 0.6) is 0 Å². The van der Waals surface area contributed by atoms with E-state index >= 15 is 0 Å². The van der Waals surface area contributed by atoms with E-state index in [1.54, 1.807) is 6.92 Å². The lowest BCUT2D eigenvalue weighted by Gasteiger charge is -2.05. The highest BCUT2D eigenvalue weighted by atomic mass is 32.2. The van der Waals surface area contributed by atoms with Crippen LogP contribution in [0.15, 0.2) is 21.6 Å². The van der Waals surface area contributed by atoms with Crippen LogP contribution in [-0.4, -0.2) is 26.2 Å². The van der Waals surface area contributed by atoms with Crippen molar-refractivity contribution in [3.8, 4) is 0 Å². The van der Waals surface area contributed by atoms with Crippen LogP contribution < -0.4 is 10.5 Å². The quantitative estimate of drug-likeness (QED) is 0.608. The van der Waals surface area contributed by atoms with Crippen molar-refractivity contribution in [3.05, 3.63) is 17.9 Å². The average Bonchev–Trinajstić information content (AvgIpc) is 2.73. The first-order chi connectivity index (χ1) is 7.95. The van der Waals surface area contributed by atoms with E-state index in [2.05, 4.69) is 4.72 Å². The summed E-state index contributed by atoms with van der Waals surface area (Å²) in [5.41, 5.74) is 5.32. The molecule has 1 unspecified atom stereocenters. The maximum absolute atomic E-state index is 11.7. The van der Waals surface area contributed by atoms with Crippen molar-refractivity contribution in [3.63, 3.8) is 0 Å². The molecule has 0 saturated carbocycles. The highest BCUT2D eigenvalue weighted by Gasteiger charge is 2.17. The summed E-state index contributed by atoms with van der Waals surface area (Å²) in [4.78, 5) is 0. The van der Waals surface area contributed by atoms with E-state index in [4.69, 9.17) is 15.3 Å². The van der Waals surface area contributed by atoms with E-state index < -0.39 is 16.1 Å². The number of sulfonamides is 1. The molecule has 0 aliphatic carbocycles. The highest BCUT2D eigenvalue weighted by Crippen LogP contribution is 2.13. The summed E-state index contributed by atoms with van der Waals surface area (Å²) in [6.07, 6.45) is 0.697. The summed E-state index contributed by atoms with van der Waals surface area (Å²) in [5.74, 6) is 0.425. The first kappa shape index (κ1) is 14.2. The monoisotopic (exact) mass is 262 g/mol. The fourth-order valence-corrected chi connectivity index (χ4v) is 2.31. The summed E-state index contributed by atoms with van der Waals surface area (Å²) in [7, 11) is -3.60. The molecule has 0 aliphatic heterocycles. The molecule has 0 spiro atoms. The van der Waals surface area contributed by atoms with E-state index in [1.807, 2.05) is 0 Å². The van der Waals surface area contributed by atoms with Crippen LogP contribution in [0.25, 0.3) is 0 Å². The third kappa shape index (κ3) is 4.47. The van der Waals surface area contributed by atoms with Gasteiger partial charge in [0.15, 0.2) is 0 Å². The lowest BCUT2D eigenvalue weighted by Crippen LogP contribution is -2.25. The summed E-state index contributed by atoms with van der Waals surface area (Å²) in [5, 5.41) is 8.89. The summed E-state index contributed by atoms with van der Waals surface area (Å²) in [6, 6.07) is 2.91. The molecule has 1 aromatic heterocycles. The van der Waals surface area contributed by atoms with Crippen LogP contribution in [-0.2, 0) is 16.6 Å². The molecule has 0 saturated heterocycles. The SMILES string of the molecule is CC(O)CCCNS(=O)(=O)c1ccc(CN)o1. The van der Waals surface area contributed by atoms with Gasteiger partial charge >= 0.3 is 0 Å². The minimum atomic E-state index is -3.60. The van der Waals surface area contributed by atoms with Crippen molar-refractivity contribution in [1.82, 2.24) is 4.72 Å². The molecular weight excluding hydrogens is 244 g/mol. The van der Waals surface area contributed by atoms with Gasteiger partial charge in [-0.2, -0.15) is 0 Å². The van der Waals surface area contributed by atoms with Gasteiger partial charge in [0.1, 0.15) is 5.76 Å². The van der Waals surface area contributed by atoms with Crippen molar-refractivity contribution in [2.24, 2.45) is 5.73 Å². The Balaban J connectivity index is 2.51. The fraction of sp³-hybridized carbons (Fsp3) is 0.600. The van der Waals surface area contributed by atoms with Gasteiger partial charge in [0.25, 0.3) is 10.0 Å². The van der Waals surface area contributed by atoms with Crippen molar-refractivity contribution < 1.29 is 17.9 Å². The van der Waals surface area contributed by atoms with E-state index in [0.717, 1.165) is 0 Å². The lowest BCUT2D eigenvalue weighted by atomic mass is 10.2. The second-order valence-electron chi connectivity index (χ2n) is 3.81. The second-order valence-corrected chi connectivity index (χ2v) is 5.51. The Morgan fingerprint density at radius 2 is 2.24 bits per heavy atom. The van der Waals surface area contributed by atoms with Crippen molar-refractivity contribution in [1.29, 1.82) is 0 Å². The zero-order valence-electron chi connectivity index (χ0n) is 9.72. The number of rotatable bonds is 7. The Bertz CT molecular complexity index is 439. The molecule has 17 heavy (non-hydrogen) atoms. The Kier molecular flexibility index (Phi) is 5.13. The molecule has 0 bridgehead atoms. The number of nitrogens with two attached hydrogens (primary N) is 1. The normalized spacial score (nSPS) is 13.8. The first-order valence-corrected chi connectivity index (χ1v) is 6.90. The first-order valence-electron chi connectivity index (χ1n) is 5.42. The molecule has 0 radical (unpaired) electrons. The molecule has 1 rings (SSSR count). The molecule has 0 fully saturated rings. The van der Waals surface area contributed by atoms with Gasteiger partial charge in [-0.25, -0.2) is 13.1 Å². The molecule has 0 amide bonds. The van der Waals surface area contributed by atoms with Crippen LogP contribution in [0.1, 0.15) is 25.5 Å². The molecule has 4 N–H and O–H groups in total. The Labute approximate surface area is 101 Å². The molecule has 1 heterocycles. The standard InChI is InChI=1S/C10H18N2O4S/c1-8(13)3-2-6-12-17(14,15)10-5-4-9(7-11)16-10/h4-5,8,12-13H,2-3,6-7,11H2,1H3. The maximum atomic E-state index is 11.7. The molecule has 0 aliphatic rings. The lowest BCUT2D eigenvalue weighted by molar-refractivity contribution is 0.182. The van der Waals surface area contributed by atoms with Gasteiger partial charge in [0, 0.05) is 6.54 Å². The van der Waals surface area contributed by atoms with E-state index in [-0.39, 0.29) is 18.2 Å². The van der Waals surface area contributed by atoms with Crippen LogP contribution in [0.4, 0.5) is 0 Å². The predicted octanol–water partition coefficient (Wildman–Crippen LogP) is 0.178. The highest BCUT2D eigenvalue weighted by molar-refractivity contribution is 7.89. The third-order valence-corrected chi connectivity index (χ3v) is 3.53. The van der Waals surface area contributed by atoms with Gasteiger partial charge in [0.05, 0.1) is 12.6 Å². The van der Waals surface area contributed by atoms with Crippen LogP contribution >= 0.6 is 0 Å². The summed E-state index contributed by atoms with van der Waals surface area (Å²) < 4.78 is 30.8. The zero-order chi connectivity index (χ0) is 12.9. The van der Waals surface area contributed by atoms with Crippen LogP contribution in [0.3, 0.4) is 0 Å². The number of aliphatic hydroxyl groups excluding tert-OH is 1. The summed E-state index contributed by atoms with van der Waals surface area (Å²) in [6.45, 7) is 2.10. The second kappa shape index (κ2) is 6.15. The van der Waals surface area contributed by atoms with Crippen molar-refractivity contribution in [2.75, 3.05) is 6.54 Å². The summed E-state index contributed by atoms with van der Waals surface area (Å²) >= 11 is 0. The Morgan fingerprint density at radius 1 is 1.53 bits per heavy atom. The third-order valence-electron chi connectivity index (χ3n) is 2.19. The number of hydrogen-bond donors (Lipinski definition) is 3. The smallest absolute Gasteiger partial charge is 0.273 e. The average molecular weight is 262 g/mol. The molecule has 1 aromatic rings. The van der Waals surface area contributed by atoms with Gasteiger partial charge in [-0.1, -0.05) is 0 Å². The molecule has 1 atom stereocenters. The minimum Gasteiger partial charge on any atom is -0.447 e. The molecule has 98 valence electrons. The molecule has 0 aromatic carbocycles. The van der Waals surface area contributed by atoms with Gasteiger partial charge in [-0.05, 0) is 31.9 Å². The maximum Gasteiger partial charge on any atom is 0.273 e. The number of furan rings is 1. The number of hydrogen-bond acceptors (Lipinski definition) is 5. The van der Waals surface area contributed by atoms with Gasteiger partial charge in [-0.15, -0.1) is 0 Å². The van der Waals surface area contributed by atoms with Gasteiger partial charge < -0.3 is 15.3 Å². The Hall–Kier alpha value is -0.890. The van der Waals surface area contributed by atoms with E-state index in [0.29, 0.717) is 18.6 Å². The molecular formula is C10H18N2O4S. The topological polar surface area (TPSA) is 106 Å². The van der Waals surface area contributed by atoms with E-state index in [1.165, 1.54) is 12.1 Å². The number of aliphatic hydroxyl groups is 1. The van der Waals surface area contributed by atoms with Crippen molar-refractivity contribution >= 4 is 10.0 Å². The Morgan fingerprint density at radius 3 is 2.76 bits per heavy atom. The zero-order valence-corrected chi connectivity index (χ0v) is 10.5. The predicted molar refractivity (Wildman–Crippen MR) is 62.7 cm³/mol. The van der Waals surface area contributed by atoms with Crippen LogP contribution in [0.2, 0.25) is 0 Å².